The SMILES string of the molecule is Brc1ccccc1.[I-].[I-].[Mg+2]. The first-order valence-corrected chi connectivity index (χ1v) is 2.89. The quantitative estimate of drug-likeness (QED) is 0.289. The summed E-state index contributed by atoms with van der Waals surface area (Å²) in [7, 11) is 0. The van der Waals surface area contributed by atoms with Crippen molar-refractivity contribution < 1.29 is 48.0 Å². The molecule has 52 valence electrons. The Hall–Kier alpha value is 1.93. The monoisotopic (exact) mass is 434 g/mol. The largest absolute Gasteiger partial charge is 2.00 e. The molecule has 0 amide bonds. The molecule has 0 aliphatic carbocycles. The van der Waals surface area contributed by atoms with E-state index < -0.39 is 0 Å². The summed E-state index contributed by atoms with van der Waals surface area (Å²) in [5, 5.41) is 0. The van der Waals surface area contributed by atoms with Crippen molar-refractivity contribution in [3.05, 3.63) is 34.8 Å². The second-order valence-electron chi connectivity index (χ2n) is 1.30. The van der Waals surface area contributed by atoms with Crippen LogP contribution in [-0.4, -0.2) is 23.1 Å². The van der Waals surface area contributed by atoms with Gasteiger partial charge >= 0.3 is 23.1 Å². The van der Waals surface area contributed by atoms with E-state index in [1.165, 1.54) is 0 Å². The molecule has 0 saturated heterocycles. The maximum absolute atomic E-state index is 3.31. The third-order valence-electron chi connectivity index (χ3n) is 0.733. The molecule has 1 rings (SSSR count). The van der Waals surface area contributed by atoms with Gasteiger partial charge in [0, 0.05) is 4.47 Å². The average Bonchev–Trinajstić information content (AvgIpc) is 1.69. The van der Waals surface area contributed by atoms with Crippen LogP contribution in [0.1, 0.15) is 0 Å². The Bertz CT molecular complexity index is 146. The van der Waals surface area contributed by atoms with E-state index in [1.807, 2.05) is 30.3 Å². The Morgan fingerprint density at radius 3 is 1.50 bits per heavy atom. The molecule has 0 unspecified atom stereocenters. The molecule has 1 aromatic rings. The van der Waals surface area contributed by atoms with Crippen molar-refractivity contribution in [3.63, 3.8) is 0 Å². The van der Waals surface area contributed by atoms with Gasteiger partial charge in [-0.05, 0) is 12.1 Å². The molecule has 1 aromatic carbocycles. The van der Waals surface area contributed by atoms with Gasteiger partial charge in [0.05, 0.1) is 0 Å². The maximum Gasteiger partial charge on any atom is 2.00 e. The van der Waals surface area contributed by atoms with Crippen LogP contribution in [0.3, 0.4) is 0 Å². The Morgan fingerprint density at radius 1 is 0.900 bits per heavy atom. The smallest absolute Gasteiger partial charge is 1.00 e. The number of hydrogen-bond acceptors (Lipinski definition) is 0. The molecule has 4 heteroatoms. The van der Waals surface area contributed by atoms with Crippen molar-refractivity contribution in [2.75, 3.05) is 0 Å². The van der Waals surface area contributed by atoms with Crippen LogP contribution in [0.2, 0.25) is 0 Å². The van der Waals surface area contributed by atoms with E-state index in [0.29, 0.717) is 0 Å². The molecular formula is C6H5BrI2Mg. The number of halogens is 3. The molecule has 0 aromatic heterocycles. The average molecular weight is 435 g/mol. The van der Waals surface area contributed by atoms with E-state index in [9.17, 15) is 0 Å². The molecule has 0 N–H and O–H groups in total. The van der Waals surface area contributed by atoms with Crippen molar-refractivity contribution in [1.29, 1.82) is 0 Å². The Kier molecular flexibility index (Phi) is 19.5. The van der Waals surface area contributed by atoms with Crippen molar-refractivity contribution in [2.24, 2.45) is 0 Å². The first-order valence-electron chi connectivity index (χ1n) is 2.10. The molecule has 0 radical (unpaired) electrons. The standard InChI is InChI=1S/C6H5Br.2HI.Mg/c7-6-4-2-1-3-5-6;;;/h1-5H;2*1H;/q;;;+2/p-2. The van der Waals surface area contributed by atoms with E-state index in [1.54, 1.807) is 0 Å². The zero-order valence-corrected chi connectivity index (χ0v) is 12.5. The van der Waals surface area contributed by atoms with E-state index in [0.717, 1.165) is 4.47 Å². The van der Waals surface area contributed by atoms with Crippen molar-refractivity contribution in [3.8, 4) is 0 Å². The zero-order valence-electron chi connectivity index (χ0n) is 5.23. The van der Waals surface area contributed by atoms with Crippen LogP contribution in [-0.2, 0) is 0 Å². The number of rotatable bonds is 0. The predicted molar refractivity (Wildman–Crippen MR) is 39.9 cm³/mol. The van der Waals surface area contributed by atoms with Gasteiger partial charge in [-0.3, -0.25) is 0 Å². The first-order chi connectivity index (χ1) is 3.39. The fourth-order valence-corrected chi connectivity index (χ4v) is 0.720. The second-order valence-corrected chi connectivity index (χ2v) is 2.21. The molecule has 0 aliphatic heterocycles. The van der Waals surface area contributed by atoms with Crippen molar-refractivity contribution >= 4 is 39.0 Å². The molecular weight excluding hydrogens is 430 g/mol. The number of benzene rings is 1. The van der Waals surface area contributed by atoms with Gasteiger partial charge in [-0.25, -0.2) is 0 Å². The van der Waals surface area contributed by atoms with E-state index in [2.05, 4.69) is 15.9 Å². The third kappa shape index (κ3) is 8.03. The van der Waals surface area contributed by atoms with Crippen molar-refractivity contribution in [2.45, 2.75) is 0 Å². The zero-order chi connectivity index (χ0) is 5.11. The summed E-state index contributed by atoms with van der Waals surface area (Å²) in [4.78, 5) is 0. The minimum atomic E-state index is 0. The molecule has 0 fully saturated rings. The van der Waals surface area contributed by atoms with Gasteiger partial charge in [0.25, 0.3) is 0 Å². The van der Waals surface area contributed by atoms with Crippen LogP contribution < -0.4 is 48.0 Å². The number of hydrogen-bond donors (Lipinski definition) is 0. The molecule has 10 heavy (non-hydrogen) atoms. The van der Waals surface area contributed by atoms with Crippen LogP contribution in [0.4, 0.5) is 0 Å². The fourth-order valence-electron chi connectivity index (χ4n) is 0.415. The van der Waals surface area contributed by atoms with Crippen LogP contribution in [0.15, 0.2) is 34.8 Å². The maximum atomic E-state index is 3.31. The summed E-state index contributed by atoms with van der Waals surface area (Å²) >= 11 is 3.31. The van der Waals surface area contributed by atoms with Crippen LogP contribution in [0, 0.1) is 0 Å². The van der Waals surface area contributed by atoms with Gasteiger partial charge in [-0.15, -0.1) is 0 Å². The van der Waals surface area contributed by atoms with E-state index >= 15 is 0 Å². The summed E-state index contributed by atoms with van der Waals surface area (Å²) in [6.07, 6.45) is 0. The predicted octanol–water partition coefficient (Wildman–Crippen LogP) is -3.92. The van der Waals surface area contributed by atoms with E-state index in [-0.39, 0.29) is 71.0 Å². The van der Waals surface area contributed by atoms with Gasteiger partial charge < -0.3 is 48.0 Å². The first kappa shape index (κ1) is 17.9. The van der Waals surface area contributed by atoms with Gasteiger partial charge in [0.15, 0.2) is 0 Å². The topological polar surface area (TPSA) is 0 Å². The Balaban J connectivity index is -0.000000163. The summed E-state index contributed by atoms with van der Waals surface area (Å²) in [6.45, 7) is 0. The molecule has 0 atom stereocenters. The Labute approximate surface area is 120 Å². The van der Waals surface area contributed by atoms with Crippen LogP contribution >= 0.6 is 15.9 Å². The van der Waals surface area contributed by atoms with Gasteiger partial charge in [0.1, 0.15) is 0 Å². The van der Waals surface area contributed by atoms with Crippen LogP contribution in [0.25, 0.3) is 0 Å². The molecule has 0 nitrogen and oxygen atoms in total. The van der Waals surface area contributed by atoms with E-state index in [4.69, 9.17) is 0 Å². The summed E-state index contributed by atoms with van der Waals surface area (Å²) in [5.74, 6) is 0. The minimum Gasteiger partial charge on any atom is -1.00 e. The molecule has 0 aliphatic rings. The Morgan fingerprint density at radius 2 is 1.30 bits per heavy atom. The summed E-state index contributed by atoms with van der Waals surface area (Å²) in [5.41, 5.74) is 0. The van der Waals surface area contributed by atoms with Gasteiger partial charge in [-0.1, -0.05) is 34.1 Å². The van der Waals surface area contributed by atoms with Crippen molar-refractivity contribution in [1.82, 2.24) is 0 Å². The molecule has 0 spiro atoms. The fraction of sp³-hybridized carbons (Fsp3) is 0. The molecule has 0 saturated carbocycles. The molecule has 0 bridgehead atoms. The minimum absolute atomic E-state index is 0. The van der Waals surface area contributed by atoms with Gasteiger partial charge in [-0.2, -0.15) is 0 Å². The normalized spacial score (nSPS) is 6.10. The summed E-state index contributed by atoms with van der Waals surface area (Å²) < 4.78 is 1.13. The second kappa shape index (κ2) is 10.9. The molecule has 0 heterocycles. The third-order valence-corrected chi connectivity index (χ3v) is 1.26. The van der Waals surface area contributed by atoms with Crippen LogP contribution in [0.5, 0.6) is 0 Å². The summed E-state index contributed by atoms with van der Waals surface area (Å²) in [6, 6.07) is 9.97. The van der Waals surface area contributed by atoms with Gasteiger partial charge in [0.2, 0.25) is 0 Å².